The lowest BCUT2D eigenvalue weighted by atomic mass is 10.1. The lowest BCUT2D eigenvalue weighted by Gasteiger charge is -2.18. The first-order chi connectivity index (χ1) is 9.02. The van der Waals surface area contributed by atoms with Gasteiger partial charge in [0.15, 0.2) is 0 Å². The van der Waals surface area contributed by atoms with Crippen LogP contribution in [0.1, 0.15) is 38.3 Å². The van der Waals surface area contributed by atoms with E-state index in [4.69, 9.17) is 0 Å². The highest BCUT2D eigenvalue weighted by molar-refractivity contribution is 7.92. The Morgan fingerprint density at radius 3 is 2.63 bits per heavy atom. The van der Waals surface area contributed by atoms with E-state index in [-0.39, 0.29) is 11.8 Å². The molecular weight excluding hydrogens is 260 g/mol. The third-order valence-electron chi connectivity index (χ3n) is 3.36. The fourth-order valence-electron chi connectivity index (χ4n) is 2.19. The smallest absolute Gasteiger partial charge is 0.233 e. The van der Waals surface area contributed by atoms with Crippen molar-refractivity contribution in [3.8, 4) is 0 Å². The van der Waals surface area contributed by atoms with E-state index < -0.39 is 10.0 Å². The second-order valence-electron chi connectivity index (χ2n) is 5.19. The van der Waals surface area contributed by atoms with Crippen molar-refractivity contribution >= 4 is 15.7 Å². The van der Waals surface area contributed by atoms with Crippen LogP contribution in [0.3, 0.4) is 0 Å². The van der Waals surface area contributed by atoms with E-state index in [0.29, 0.717) is 11.6 Å². The van der Waals surface area contributed by atoms with Gasteiger partial charge in [-0.3, -0.25) is 4.72 Å². The molecule has 0 spiro atoms. The van der Waals surface area contributed by atoms with E-state index in [1.54, 1.807) is 0 Å². The second-order valence-corrected chi connectivity index (χ2v) is 6.96. The van der Waals surface area contributed by atoms with Gasteiger partial charge in [0.05, 0.1) is 11.4 Å². The lowest BCUT2D eigenvalue weighted by molar-refractivity contribution is 0.594. The molecule has 0 radical (unpaired) electrons. The zero-order valence-corrected chi connectivity index (χ0v) is 12.3. The summed E-state index contributed by atoms with van der Waals surface area (Å²) in [6, 6.07) is 7.71. The minimum Gasteiger partial charge on any atom is -0.310 e. The molecule has 0 aromatic heterocycles. The zero-order valence-electron chi connectivity index (χ0n) is 11.5. The van der Waals surface area contributed by atoms with Crippen LogP contribution in [-0.4, -0.2) is 20.7 Å². The van der Waals surface area contributed by atoms with Gasteiger partial charge in [-0.1, -0.05) is 25.1 Å². The van der Waals surface area contributed by atoms with Gasteiger partial charge >= 0.3 is 0 Å². The highest BCUT2D eigenvalue weighted by Gasteiger charge is 2.28. The summed E-state index contributed by atoms with van der Waals surface area (Å²) in [4.78, 5) is 0. The van der Waals surface area contributed by atoms with Gasteiger partial charge in [-0.15, -0.1) is 0 Å². The van der Waals surface area contributed by atoms with E-state index in [1.807, 2.05) is 38.1 Å². The third-order valence-corrected chi connectivity index (χ3v) is 4.80. The SMILES string of the molecule is CCNC(C)c1ccccc1NS(=O)(=O)CC1CC1. The summed E-state index contributed by atoms with van der Waals surface area (Å²) in [7, 11) is -3.22. The predicted molar refractivity (Wildman–Crippen MR) is 78.7 cm³/mol. The van der Waals surface area contributed by atoms with Gasteiger partial charge in [-0.25, -0.2) is 8.42 Å². The van der Waals surface area contributed by atoms with Crippen LogP contribution in [0.2, 0.25) is 0 Å². The van der Waals surface area contributed by atoms with E-state index in [9.17, 15) is 8.42 Å². The number of benzene rings is 1. The highest BCUT2D eigenvalue weighted by atomic mass is 32.2. The van der Waals surface area contributed by atoms with Crippen molar-refractivity contribution in [3.63, 3.8) is 0 Å². The Morgan fingerprint density at radius 1 is 1.32 bits per heavy atom. The van der Waals surface area contributed by atoms with Crippen LogP contribution in [0.25, 0.3) is 0 Å². The number of nitrogens with one attached hydrogen (secondary N) is 2. The summed E-state index contributed by atoms with van der Waals surface area (Å²) in [5.74, 6) is 0.604. The van der Waals surface area contributed by atoms with Gasteiger partial charge in [0.2, 0.25) is 10.0 Å². The molecule has 2 N–H and O–H groups in total. The van der Waals surface area contributed by atoms with Crippen molar-refractivity contribution in [1.29, 1.82) is 0 Å². The first-order valence-corrected chi connectivity index (χ1v) is 8.50. The molecule has 1 unspecified atom stereocenters. The predicted octanol–water partition coefficient (Wildman–Crippen LogP) is 2.51. The lowest BCUT2D eigenvalue weighted by Crippen LogP contribution is -2.22. The van der Waals surface area contributed by atoms with Gasteiger partial charge < -0.3 is 5.32 Å². The summed E-state index contributed by atoms with van der Waals surface area (Å²) in [6.45, 7) is 4.93. The summed E-state index contributed by atoms with van der Waals surface area (Å²) in [6.07, 6.45) is 2.08. The van der Waals surface area contributed by atoms with E-state index in [1.165, 1.54) is 0 Å². The van der Waals surface area contributed by atoms with Crippen LogP contribution >= 0.6 is 0 Å². The monoisotopic (exact) mass is 282 g/mol. The molecule has 2 rings (SSSR count). The molecule has 0 amide bonds. The van der Waals surface area contributed by atoms with Crippen LogP contribution in [0, 0.1) is 5.92 Å². The van der Waals surface area contributed by atoms with Crippen LogP contribution in [0.15, 0.2) is 24.3 Å². The van der Waals surface area contributed by atoms with Gasteiger partial charge in [-0.05, 0) is 43.9 Å². The number of sulfonamides is 1. The summed E-state index contributed by atoms with van der Waals surface area (Å²) < 4.78 is 26.8. The molecule has 1 saturated carbocycles. The number of para-hydroxylation sites is 1. The van der Waals surface area contributed by atoms with Gasteiger partial charge in [-0.2, -0.15) is 0 Å². The van der Waals surface area contributed by atoms with Crippen molar-refractivity contribution in [1.82, 2.24) is 5.32 Å². The topological polar surface area (TPSA) is 58.2 Å². The Morgan fingerprint density at radius 2 is 2.00 bits per heavy atom. The van der Waals surface area contributed by atoms with Gasteiger partial charge in [0, 0.05) is 6.04 Å². The molecular formula is C14H22N2O2S. The highest BCUT2D eigenvalue weighted by Crippen LogP contribution is 2.31. The molecule has 106 valence electrons. The van der Waals surface area contributed by atoms with Crippen LogP contribution in [0.4, 0.5) is 5.69 Å². The minimum absolute atomic E-state index is 0.129. The molecule has 4 nitrogen and oxygen atoms in total. The maximum Gasteiger partial charge on any atom is 0.233 e. The van der Waals surface area contributed by atoms with E-state index in [0.717, 1.165) is 24.9 Å². The quantitative estimate of drug-likeness (QED) is 0.808. The molecule has 1 aliphatic rings. The van der Waals surface area contributed by atoms with Crippen LogP contribution in [-0.2, 0) is 10.0 Å². The molecule has 1 fully saturated rings. The van der Waals surface area contributed by atoms with Gasteiger partial charge in [0.1, 0.15) is 0 Å². The Balaban J connectivity index is 2.14. The van der Waals surface area contributed by atoms with Crippen LogP contribution in [0.5, 0.6) is 0 Å². The first-order valence-electron chi connectivity index (χ1n) is 6.84. The molecule has 1 aromatic carbocycles. The number of hydrogen-bond donors (Lipinski definition) is 2. The molecule has 0 aliphatic heterocycles. The summed E-state index contributed by atoms with van der Waals surface area (Å²) >= 11 is 0. The van der Waals surface area contributed by atoms with E-state index >= 15 is 0 Å². The maximum absolute atomic E-state index is 12.1. The molecule has 19 heavy (non-hydrogen) atoms. The van der Waals surface area contributed by atoms with Gasteiger partial charge in [0.25, 0.3) is 0 Å². The minimum atomic E-state index is -3.22. The largest absolute Gasteiger partial charge is 0.310 e. The Labute approximate surface area is 115 Å². The van der Waals surface area contributed by atoms with Crippen molar-refractivity contribution in [2.75, 3.05) is 17.0 Å². The Kier molecular flexibility index (Phi) is 4.47. The number of anilines is 1. The maximum atomic E-state index is 12.1. The Hall–Kier alpha value is -1.07. The fourth-order valence-corrected chi connectivity index (χ4v) is 3.75. The molecule has 0 heterocycles. The van der Waals surface area contributed by atoms with Crippen molar-refractivity contribution < 1.29 is 8.42 Å². The standard InChI is InChI=1S/C14H22N2O2S/c1-3-15-11(2)13-6-4-5-7-14(13)16-19(17,18)10-12-8-9-12/h4-7,11-12,15-16H,3,8-10H2,1-2H3. The normalized spacial score (nSPS) is 17.2. The summed E-state index contributed by atoms with van der Waals surface area (Å²) in [5, 5.41) is 3.31. The van der Waals surface area contributed by atoms with E-state index in [2.05, 4.69) is 10.0 Å². The zero-order chi connectivity index (χ0) is 13.9. The molecule has 0 saturated heterocycles. The van der Waals surface area contributed by atoms with Crippen molar-refractivity contribution in [3.05, 3.63) is 29.8 Å². The number of rotatable bonds is 7. The average molecular weight is 282 g/mol. The van der Waals surface area contributed by atoms with Crippen LogP contribution < -0.4 is 10.0 Å². The average Bonchev–Trinajstić information content (AvgIpc) is 3.12. The second kappa shape index (κ2) is 5.92. The Bertz CT molecular complexity index is 524. The fraction of sp³-hybridized carbons (Fsp3) is 0.571. The number of hydrogen-bond acceptors (Lipinski definition) is 3. The molecule has 1 aliphatic carbocycles. The molecule has 0 bridgehead atoms. The molecule has 5 heteroatoms. The molecule has 1 aromatic rings. The van der Waals surface area contributed by atoms with Crippen molar-refractivity contribution in [2.45, 2.75) is 32.7 Å². The molecule has 1 atom stereocenters. The summed E-state index contributed by atoms with van der Waals surface area (Å²) in [5.41, 5.74) is 1.68. The first kappa shape index (κ1) is 14.3. The van der Waals surface area contributed by atoms with Crippen molar-refractivity contribution in [2.24, 2.45) is 5.92 Å². The third kappa shape index (κ3) is 4.21.